The van der Waals surface area contributed by atoms with Crippen molar-refractivity contribution in [2.75, 3.05) is 37.7 Å². The largest absolute Gasteiger partial charge is 0.480 e. The molecule has 6 rings (SSSR count). The van der Waals surface area contributed by atoms with Gasteiger partial charge in [0.1, 0.15) is 46.9 Å². The Labute approximate surface area is 288 Å². The molecule has 3 aromatic heterocycles. The number of furan rings is 1. The lowest BCUT2D eigenvalue weighted by atomic mass is 9.79. The number of pyridine rings is 1. The van der Waals surface area contributed by atoms with Crippen LogP contribution in [0.25, 0.3) is 22.1 Å². The zero-order chi connectivity index (χ0) is 34.9. The van der Waals surface area contributed by atoms with Gasteiger partial charge < -0.3 is 34.0 Å². The Morgan fingerprint density at radius 3 is 2.80 bits per heavy atom. The molecule has 12 nitrogen and oxygen atoms in total. The van der Waals surface area contributed by atoms with Gasteiger partial charge in [-0.25, -0.2) is 28.9 Å². The van der Waals surface area contributed by atoms with Crippen molar-refractivity contribution in [3.63, 3.8) is 0 Å². The third-order valence-electron chi connectivity index (χ3n) is 8.82. The first-order chi connectivity index (χ1) is 23.3. The molecule has 0 spiro atoms. The summed E-state index contributed by atoms with van der Waals surface area (Å²) in [7, 11) is 0. The number of alkyl halides is 1. The zero-order valence-electron chi connectivity index (χ0n) is 28.0. The maximum atomic E-state index is 16.7. The van der Waals surface area contributed by atoms with E-state index in [1.165, 1.54) is 6.20 Å². The second-order valence-electron chi connectivity index (χ2n) is 13.7. The molecule has 1 aromatic carbocycles. The van der Waals surface area contributed by atoms with Gasteiger partial charge in [-0.05, 0) is 58.4 Å². The van der Waals surface area contributed by atoms with Crippen molar-refractivity contribution in [1.82, 2.24) is 20.3 Å². The first-order valence-corrected chi connectivity index (χ1v) is 16.9. The van der Waals surface area contributed by atoms with Crippen LogP contribution in [0.2, 0.25) is 5.02 Å². The number of nitrogens with one attached hydrogen (secondary N) is 1. The number of hydrogen-bond acceptors (Lipinski definition) is 11. The number of benzene rings is 1. The normalized spacial score (nSPS) is 22.9. The Kier molecular flexibility index (Phi) is 9.97. The molecule has 5 heterocycles. The average Bonchev–Trinajstić information content (AvgIpc) is 3.64. The Balaban J connectivity index is 1.37. The predicted molar refractivity (Wildman–Crippen MR) is 181 cm³/mol. The lowest BCUT2D eigenvalue weighted by molar-refractivity contribution is -0.156. The number of anilines is 1. The molecule has 14 heteroatoms. The molecule has 2 N–H and O–H groups in total. The Morgan fingerprint density at radius 1 is 1.24 bits per heavy atom. The molecule has 0 unspecified atom stereocenters. The Morgan fingerprint density at radius 2 is 2.04 bits per heavy atom. The van der Waals surface area contributed by atoms with E-state index in [1.54, 1.807) is 26.8 Å². The molecule has 0 radical (unpaired) electrons. The summed E-state index contributed by atoms with van der Waals surface area (Å²) in [5, 5.41) is 13.2. The molecule has 262 valence electrons. The highest BCUT2D eigenvalue weighted by Gasteiger charge is 2.46. The van der Waals surface area contributed by atoms with Gasteiger partial charge in [0, 0.05) is 43.5 Å². The van der Waals surface area contributed by atoms with Crippen LogP contribution in [-0.4, -0.2) is 82.6 Å². The zero-order valence-corrected chi connectivity index (χ0v) is 28.8. The van der Waals surface area contributed by atoms with Gasteiger partial charge in [0.2, 0.25) is 5.88 Å². The fourth-order valence-corrected chi connectivity index (χ4v) is 6.66. The van der Waals surface area contributed by atoms with Crippen molar-refractivity contribution >= 4 is 51.4 Å². The highest BCUT2D eigenvalue weighted by Crippen LogP contribution is 2.45. The Bertz CT molecular complexity index is 1850. The number of fused-ring (bicyclic) bond motifs is 3. The molecule has 2 saturated heterocycles. The number of carbonyl (C=O) groups is 2. The molecule has 2 aliphatic rings. The summed E-state index contributed by atoms with van der Waals surface area (Å²) in [6, 6.07) is 8.25. The number of aromatic nitrogens is 3. The van der Waals surface area contributed by atoms with Crippen molar-refractivity contribution in [3.05, 3.63) is 52.9 Å². The number of nitrogens with zero attached hydrogens (tertiary/aromatic N) is 4. The number of para-hydroxylation sites is 1. The molecule has 4 aromatic rings. The topological polar surface area (TPSA) is 149 Å². The number of halogens is 2. The summed E-state index contributed by atoms with van der Waals surface area (Å²) in [5.41, 5.74) is -0.601. The standard InChI is InChI=1S/C35H41ClFN5O7/c1-20-16-38-12-11-35(20,37)24-14-21(36)17-39-32(24)47-22-15-25(33(45)49-34(2,3)4)42(18-22)31-30-29(23-8-5-6-9-26(23)48-30)40-27(41-31)10-7-13-46-19-28(43)44/h5-6,8-9,14,17,20,22,25,38H,7,10-13,15-16,18-19H2,1-4H3,(H,43,44)/t20-,22-,25-,35+/m0/s1. The molecule has 2 aliphatic heterocycles. The van der Waals surface area contributed by atoms with Crippen LogP contribution in [0.15, 0.2) is 40.9 Å². The quantitative estimate of drug-likeness (QED) is 0.148. The van der Waals surface area contributed by atoms with Crippen LogP contribution in [0.3, 0.4) is 0 Å². The summed E-state index contributed by atoms with van der Waals surface area (Å²) in [6.07, 6.45) is 2.13. The van der Waals surface area contributed by atoms with Gasteiger partial charge in [0.05, 0.1) is 17.1 Å². The van der Waals surface area contributed by atoms with Crippen LogP contribution in [0.1, 0.15) is 58.3 Å². The fraction of sp³-hybridized carbons (Fsp3) is 0.514. The fourth-order valence-electron chi connectivity index (χ4n) is 6.50. The summed E-state index contributed by atoms with van der Waals surface area (Å²) < 4.78 is 40.6. The van der Waals surface area contributed by atoms with Gasteiger partial charge in [-0.2, -0.15) is 0 Å². The predicted octanol–water partition coefficient (Wildman–Crippen LogP) is 5.62. The van der Waals surface area contributed by atoms with E-state index in [9.17, 15) is 9.59 Å². The minimum Gasteiger partial charge on any atom is -0.480 e. The summed E-state index contributed by atoms with van der Waals surface area (Å²) in [5.74, 6) is -0.869. The smallest absolute Gasteiger partial charge is 0.329 e. The van der Waals surface area contributed by atoms with E-state index < -0.39 is 42.0 Å². The van der Waals surface area contributed by atoms with Crippen molar-refractivity contribution in [1.29, 1.82) is 0 Å². The number of esters is 1. The first kappa shape index (κ1) is 34.8. The van der Waals surface area contributed by atoms with E-state index in [0.29, 0.717) is 59.3 Å². The molecule has 2 fully saturated rings. The molecule has 0 aliphatic carbocycles. The summed E-state index contributed by atoms with van der Waals surface area (Å²) >= 11 is 6.33. The van der Waals surface area contributed by atoms with Crippen molar-refractivity contribution in [3.8, 4) is 5.88 Å². The highest BCUT2D eigenvalue weighted by molar-refractivity contribution is 6.30. The molecule has 0 amide bonds. The van der Waals surface area contributed by atoms with Crippen LogP contribution in [0, 0.1) is 5.92 Å². The highest BCUT2D eigenvalue weighted by atomic mass is 35.5. The van der Waals surface area contributed by atoms with Crippen LogP contribution in [0.4, 0.5) is 10.2 Å². The van der Waals surface area contributed by atoms with E-state index in [-0.39, 0.29) is 43.4 Å². The number of carboxylic acids is 1. The SMILES string of the molecule is C[C@H]1CNCC[C@]1(F)c1cc(Cl)cnc1O[C@H]1C[C@@H](C(=O)OC(C)(C)C)N(c2nc(CCCOCC(=O)O)nc3c2oc2ccccc23)C1. The number of hydrogen-bond donors (Lipinski definition) is 2. The van der Waals surface area contributed by atoms with Gasteiger partial charge in [-0.15, -0.1) is 0 Å². The third kappa shape index (κ3) is 7.58. The molecule has 49 heavy (non-hydrogen) atoms. The number of aryl methyl sites for hydroxylation is 1. The van der Waals surface area contributed by atoms with Gasteiger partial charge in [0.15, 0.2) is 11.4 Å². The second kappa shape index (κ2) is 14.0. The minimum atomic E-state index is -1.71. The summed E-state index contributed by atoms with van der Waals surface area (Å²) in [6.45, 7) is 8.24. The number of ether oxygens (including phenoxy) is 3. The van der Waals surface area contributed by atoms with Crippen molar-refractivity contribution in [2.45, 2.75) is 76.8 Å². The van der Waals surface area contributed by atoms with Crippen LogP contribution < -0.4 is 15.0 Å². The number of rotatable bonds is 11. The van der Waals surface area contributed by atoms with Gasteiger partial charge in [-0.1, -0.05) is 30.7 Å². The van der Waals surface area contributed by atoms with E-state index in [4.69, 9.17) is 45.3 Å². The second-order valence-corrected chi connectivity index (χ2v) is 14.1. The van der Waals surface area contributed by atoms with Crippen LogP contribution in [0.5, 0.6) is 5.88 Å². The number of piperidine rings is 1. The van der Waals surface area contributed by atoms with E-state index >= 15 is 4.39 Å². The molecular weight excluding hydrogens is 657 g/mol. The third-order valence-corrected chi connectivity index (χ3v) is 9.02. The van der Waals surface area contributed by atoms with Crippen molar-refractivity contribution in [2.24, 2.45) is 5.92 Å². The number of carboxylic acid groups (broad SMARTS) is 1. The summed E-state index contributed by atoms with van der Waals surface area (Å²) in [4.78, 5) is 40.7. The van der Waals surface area contributed by atoms with Gasteiger partial charge in [-0.3, -0.25) is 0 Å². The van der Waals surface area contributed by atoms with E-state index in [2.05, 4.69) is 10.3 Å². The van der Waals surface area contributed by atoms with Gasteiger partial charge >= 0.3 is 11.9 Å². The van der Waals surface area contributed by atoms with E-state index in [0.717, 1.165) is 5.39 Å². The van der Waals surface area contributed by atoms with E-state index in [1.807, 2.05) is 36.1 Å². The lowest BCUT2D eigenvalue weighted by Crippen LogP contribution is -2.44. The molecule has 4 atom stereocenters. The Hall–Kier alpha value is -4.07. The number of aliphatic carboxylic acids is 1. The maximum absolute atomic E-state index is 16.7. The van der Waals surface area contributed by atoms with Crippen molar-refractivity contribution < 1.29 is 37.7 Å². The number of carbonyl (C=O) groups excluding carboxylic acids is 1. The molecule has 0 saturated carbocycles. The lowest BCUT2D eigenvalue weighted by Gasteiger charge is -2.37. The first-order valence-electron chi connectivity index (χ1n) is 16.5. The van der Waals surface area contributed by atoms with Crippen LogP contribution >= 0.6 is 11.6 Å². The maximum Gasteiger partial charge on any atom is 0.329 e. The molecular formula is C35H41ClFN5O7. The van der Waals surface area contributed by atoms with Gasteiger partial charge in [0.25, 0.3) is 0 Å². The molecule has 0 bridgehead atoms. The monoisotopic (exact) mass is 697 g/mol. The minimum absolute atomic E-state index is 0.133. The average molecular weight is 698 g/mol. The van der Waals surface area contributed by atoms with Crippen LogP contribution in [-0.2, 0) is 31.2 Å².